The summed E-state index contributed by atoms with van der Waals surface area (Å²) in [7, 11) is 0. The van der Waals surface area contributed by atoms with Crippen LogP contribution in [0, 0.1) is 5.33 Å². The summed E-state index contributed by atoms with van der Waals surface area (Å²) in [6.07, 6.45) is 0. The average Bonchev–Trinajstić information content (AvgIpc) is 2.05. The lowest BCUT2D eigenvalue weighted by atomic mass is 10.2. The van der Waals surface area contributed by atoms with Gasteiger partial charge < -0.3 is 0 Å². The molecule has 1 aromatic rings. The van der Waals surface area contributed by atoms with Crippen LogP contribution in [0.3, 0.4) is 0 Å². The largest absolute Gasteiger partial charge is 0.0862 e. The predicted molar refractivity (Wildman–Crippen MR) is 56.3 cm³/mol. The second-order valence-electron chi connectivity index (χ2n) is 2.08. The fraction of sp³-hybridized carbons (Fsp3) is 0.125. The van der Waals surface area contributed by atoms with E-state index in [2.05, 4.69) is 31.9 Å². The van der Waals surface area contributed by atoms with E-state index in [0.717, 1.165) is 5.02 Å². The Hall–Kier alpha value is 0.470. The van der Waals surface area contributed by atoms with Crippen LogP contribution < -0.4 is 0 Å². The van der Waals surface area contributed by atoms with Gasteiger partial charge in [0.2, 0.25) is 0 Å². The molecule has 0 bridgehead atoms. The molecule has 0 N–H and O–H groups in total. The van der Waals surface area contributed by atoms with Gasteiger partial charge in [0.05, 0.1) is 4.83 Å². The lowest BCUT2D eigenvalue weighted by Gasteiger charge is -2.04. The van der Waals surface area contributed by atoms with E-state index in [1.54, 1.807) is 0 Å². The fourth-order valence-corrected chi connectivity index (χ4v) is 1.46. The Kier molecular flexibility index (Phi) is 3.90. The van der Waals surface area contributed by atoms with E-state index in [1.807, 2.05) is 29.6 Å². The van der Waals surface area contributed by atoms with E-state index in [0.29, 0.717) is 0 Å². The van der Waals surface area contributed by atoms with Gasteiger partial charge in [0.1, 0.15) is 0 Å². The van der Waals surface area contributed by atoms with Crippen LogP contribution in [0.15, 0.2) is 24.3 Å². The van der Waals surface area contributed by atoms with E-state index in [-0.39, 0.29) is 4.83 Å². The topological polar surface area (TPSA) is 0 Å². The molecule has 0 fully saturated rings. The lowest BCUT2D eigenvalue weighted by molar-refractivity contribution is 1.24. The van der Waals surface area contributed by atoms with Gasteiger partial charge in [-0.15, -0.1) is 0 Å². The summed E-state index contributed by atoms with van der Waals surface area (Å²) >= 11 is 12.5. The van der Waals surface area contributed by atoms with E-state index >= 15 is 0 Å². The first-order valence-corrected chi connectivity index (χ1v) is 5.28. The number of hydrogen-bond donors (Lipinski definition) is 0. The maximum absolute atomic E-state index is 5.72. The summed E-state index contributed by atoms with van der Waals surface area (Å²) in [6.45, 7) is 0. The highest BCUT2D eigenvalue weighted by Crippen LogP contribution is 2.28. The molecule has 0 aliphatic rings. The highest BCUT2D eigenvalue weighted by atomic mass is 79.9. The highest BCUT2D eigenvalue weighted by Gasteiger charge is 2.03. The minimum atomic E-state index is 0.250. The molecule has 1 unspecified atom stereocenters. The molecule has 1 atom stereocenters. The first-order chi connectivity index (χ1) is 5.24. The third kappa shape index (κ3) is 2.77. The Balaban J connectivity index is 2.81. The van der Waals surface area contributed by atoms with Crippen LogP contribution in [0.4, 0.5) is 0 Å². The molecule has 59 valence electrons. The number of alkyl halides is 1. The zero-order valence-corrected chi connectivity index (χ0v) is 9.53. The summed E-state index contributed by atoms with van der Waals surface area (Å²) in [6, 6.07) is 7.72. The van der Waals surface area contributed by atoms with Crippen molar-refractivity contribution in [1.29, 1.82) is 0 Å². The molecular weight excluding hydrogens is 291 g/mol. The Morgan fingerprint density at radius 3 is 2.27 bits per heavy atom. The lowest BCUT2D eigenvalue weighted by Crippen LogP contribution is -1.84. The number of rotatable bonds is 2. The molecule has 1 rings (SSSR count). The van der Waals surface area contributed by atoms with Crippen LogP contribution >= 0.6 is 43.5 Å². The van der Waals surface area contributed by atoms with Crippen molar-refractivity contribution in [2.75, 3.05) is 0 Å². The van der Waals surface area contributed by atoms with Gasteiger partial charge in [-0.05, 0) is 17.7 Å². The van der Waals surface area contributed by atoms with Crippen LogP contribution in [0.2, 0.25) is 5.02 Å². The Bertz CT molecular complexity index is 220. The molecule has 1 radical (unpaired) electrons. The number of halogens is 3. The van der Waals surface area contributed by atoms with Crippen molar-refractivity contribution in [3.05, 3.63) is 40.2 Å². The summed E-state index contributed by atoms with van der Waals surface area (Å²) in [4.78, 5) is 0.250. The van der Waals surface area contributed by atoms with E-state index in [1.165, 1.54) is 5.56 Å². The molecule has 0 nitrogen and oxygen atoms in total. The molecule has 1 aromatic carbocycles. The summed E-state index contributed by atoms with van der Waals surface area (Å²) in [5, 5.41) is 2.67. The molecule has 0 spiro atoms. The Labute approximate surface area is 88.2 Å². The third-order valence-corrected chi connectivity index (χ3v) is 3.58. The number of hydrogen-bond acceptors (Lipinski definition) is 0. The molecule has 0 amide bonds. The van der Waals surface area contributed by atoms with Crippen molar-refractivity contribution in [3.8, 4) is 0 Å². The van der Waals surface area contributed by atoms with Crippen LogP contribution in [-0.4, -0.2) is 0 Å². The van der Waals surface area contributed by atoms with Gasteiger partial charge in [0, 0.05) is 10.4 Å². The molecule has 0 saturated heterocycles. The monoisotopic (exact) mass is 295 g/mol. The molecule has 0 aromatic heterocycles. The Morgan fingerprint density at radius 1 is 1.27 bits per heavy atom. The Morgan fingerprint density at radius 2 is 1.82 bits per heavy atom. The van der Waals surface area contributed by atoms with Crippen molar-refractivity contribution >= 4 is 43.5 Å². The van der Waals surface area contributed by atoms with Gasteiger partial charge in [-0.1, -0.05) is 55.6 Å². The van der Waals surface area contributed by atoms with Gasteiger partial charge in [0.25, 0.3) is 0 Å². The molecule has 0 aliphatic carbocycles. The van der Waals surface area contributed by atoms with Crippen molar-refractivity contribution in [2.45, 2.75) is 4.83 Å². The van der Waals surface area contributed by atoms with E-state index in [4.69, 9.17) is 11.6 Å². The van der Waals surface area contributed by atoms with Gasteiger partial charge in [0.15, 0.2) is 0 Å². The van der Waals surface area contributed by atoms with Gasteiger partial charge in [-0.2, -0.15) is 0 Å². The summed E-state index contributed by atoms with van der Waals surface area (Å²) < 4.78 is 0. The quantitative estimate of drug-likeness (QED) is 0.713. The minimum Gasteiger partial charge on any atom is -0.0862 e. The van der Waals surface area contributed by atoms with Gasteiger partial charge >= 0.3 is 0 Å². The third-order valence-electron chi connectivity index (χ3n) is 1.30. The molecule has 11 heavy (non-hydrogen) atoms. The van der Waals surface area contributed by atoms with Crippen molar-refractivity contribution in [3.63, 3.8) is 0 Å². The van der Waals surface area contributed by atoms with Crippen LogP contribution in [-0.2, 0) is 0 Å². The maximum atomic E-state index is 5.72. The second kappa shape index (κ2) is 4.48. The van der Waals surface area contributed by atoms with Gasteiger partial charge in [-0.25, -0.2) is 0 Å². The van der Waals surface area contributed by atoms with E-state index in [9.17, 15) is 0 Å². The van der Waals surface area contributed by atoms with Crippen LogP contribution in [0.25, 0.3) is 0 Å². The smallest absolute Gasteiger partial charge is 0.0531 e. The first kappa shape index (κ1) is 9.56. The maximum Gasteiger partial charge on any atom is 0.0531 e. The SMILES string of the molecule is Clc1ccc(C(Br)[CH]Br)cc1. The van der Waals surface area contributed by atoms with Crippen LogP contribution in [0.5, 0.6) is 0 Å². The van der Waals surface area contributed by atoms with E-state index < -0.39 is 0 Å². The highest BCUT2D eigenvalue weighted by molar-refractivity contribution is 9.12. The normalized spacial score (nSPS) is 13.0. The zero-order chi connectivity index (χ0) is 8.27. The molecule has 3 heteroatoms. The van der Waals surface area contributed by atoms with Crippen molar-refractivity contribution < 1.29 is 0 Å². The molecule has 0 aliphatic heterocycles. The second-order valence-corrected chi connectivity index (χ2v) is 4.03. The van der Waals surface area contributed by atoms with Crippen molar-refractivity contribution in [2.24, 2.45) is 0 Å². The van der Waals surface area contributed by atoms with Gasteiger partial charge in [-0.3, -0.25) is 0 Å². The molecular formula is C8H6Br2Cl. The molecule has 0 heterocycles. The number of benzene rings is 1. The zero-order valence-electron chi connectivity index (χ0n) is 5.60. The van der Waals surface area contributed by atoms with Crippen LogP contribution in [0.1, 0.15) is 10.4 Å². The summed E-state index contributed by atoms with van der Waals surface area (Å²) in [5.41, 5.74) is 1.19. The predicted octanol–water partition coefficient (Wildman–Crippen LogP) is 4.33. The minimum absolute atomic E-state index is 0.250. The summed E-state index contributed by atoms with van der Waals surface area (Å²) in [5.74, 6) is 0. The molecule has 0 saturated carbocycles. The van der Waals surface area contributed by atoms with Crippen molar-refractivity contribution in [1.82, 2.24) is 0 Å². The standard InChI is InChI=1S/C8H6Br2Cl/c9-5-8(10)6-1-3-7(11)4-2-6/h1-5,8H. The average molecular weight is 297 g/mol. The first-order valence-electron chi connectivity index (χ1n) is 3.07. The fourth-order valence-electron chi connectivity index (χ4n) is 0.719.